The number of methoxy groups -OCH3 is 1. The Labute approximate surface area is 88.5 Å². The lowest BCUT2D eigenvalue weighted by Gasteiger charge is -2.08. The monoisotopic (exact) mass is 200 g/mol. The van der Waals surface area contributed by atoms with Gasteiger partial charge in [-0.1, -0.05) is 30.3 Å². The van der Waals surface area contributed by atoms with E-state index in [9.17, 15) is 0 Å². The maximum Gasteiger partial charge on any atom is 0.160 e. The fraction of sp³-hybridized carbons (Fsp3) is 0.0833. The molecule has 76 valence electrons. The molecule has 0 aliphatic rings. The SMILES string of the molecule is COc1cncc(-c2ccccc2)c1N. The zero-order valence-corrected chi connectivity index (χ0v) is 8.47. The van der Waals surface area contributed by atoms with Crippen molar-refractivity contribution >= 4 is 5.69 Å². The summed E-state index contributed by atoms with van der Waals surface area (Å²) in [6, 6.07) is 9.88. The van der Waals surface area contributed by atoms with E-state index < -0.39 is 0 Å². The molecule has 0 fully saturated rings. The molecule has 0 bridgehead atoms. The van der Waals surface area contributed by atoms with Crippen molar-refractivity contribution < 1.29 is 4.74 Å². The molecule has 0 spiro atoms. The van der Waals surface area contributed by atoms with Crippen LogP contribution in [0.5, 0.6) is 5.75 Å². The molecule has 0 amide bonds. The van der Waals surface area contributed by atoms with E-state index in [1.807, 2.05) is 30.3 Å². The van der Waals surface area contributed by atoms with Gasteiger partial charge in [-0.2, -0.15) is 0 Å². The Morgan fingerprint density at radius 3 is 2.53 bits per heavy atom. The zero-order valence-electron chi connectivity index (χ0n) is 8.47. The van der Waals surface area contributed by atoms with Crippen LogP contribution < -0.4 is 10.5 Å². The summed E-state index contributed by atoms with van der Waals surface area (Å²) in [4.78, 5) is 4.09. The van der Waals surface area contributed by atoms with E-state index in [-0.39, 0.29) is 0 Å². The Hall–Kier alpha value is -2.03. The number of nitrogen functional groups attached to an aromatic ring is 1. The van der Waals surface area contributed by atoms with Crippen LogP contribution in [-0.2, 0) is 0 Å². The van der Waals surface area contributed by atoms with E-state index >= 15 is 0 Å². The van der Waals surface area contributed by atoms with Crippen LogP contribution in [0.25, 0.3) is 11.1 Å². The van der Waals surface area contributed by atoms with Crippen LogP contribution in [0.15, 0.2) is 42.7 Å². The first-order valence-electron chi connectivity index (χ1n) is 4.66. The standard InChI is InChI=1S/C12H12N2O/c1-15-11-8-14-7-10(12(11)13)9-5-3-2-4-6-9/h2-8H,1H3,(H2,13,14). The number of nitrogens with two attached hydrogens (primary N) is 1. The molecule has 2 N–H and O–H groups in total. The average molecular weight is 200 g/mol. The van der Waals surface area contributed by atoms with Gasteiger partial charge in [-0.3, -0.25) is 4.98 Å². The molecule has 0 unspecified atom stereocenters. The summed E-state index contributed by atoms with van der Waals surface area (Å²) in [5.74, 6) is 0.608. The molecule has 3 nitrogen and oxygen atoms in total. The van der Waals surface area contributed by atoms with Gasteiger partial charge in [0.2, 0.25) is 0 Å². The Morgan fingerprint density at radius 1 is 1.13 bits per heavy atom. The summed E-state index contributed by atoms with van der Waals surface area (Å²) in [6.45, 7) is 0. The van der Waals surface area contributed by atoms with E-state index in [1.165, 1.54) is 0 Å². The van der Waals surface area contributed by atoms with Crippen LogP contribution in [-0.4, -0.2) is 12.1 Å². The molecule has 2 rings (SSSR count). The number of benzene rings is 1. The molecule has 0 saturated heterocycles. The van der Waals surface area contributed by atoms with Gasteiger partial charge in [-0.15, -0.1) is 0 Å². The van der Waals surface area contributed by atoms with Gasteiger partial charge >= 0.3 is 0 Å². The van der Waals surface area contributed by atoms with Gasteiger partial charge < -0.3 is 10.5 Å². The van der Waals surface area contributed by atoms with E-state index in [1.54, 1.807) is 19.5 Å². The number of hydrogen-bond donors (Lipinski definition) is 1. The normalized spacial score (nSPS) is 9.93. The number of aromatic nitrogens is 1. The summed E-state index contributed by atoms with van der Waals surface area (Å²) in [7, 11) is 1.59. The fourth-order valence-corrected chi connectivity index (χ4v) is 1.46. The Bertz CT molecular complexity index is 454. The maximum atomic E-state index is 5.96. The highest BCUT2D eigenvalue weighted by Gasteiger charge is 2.07. The summed E-state index contributed by atoms with van der Waals surface area (Å²) in [6.07, 6.45) is 3.36. The molecule has 0 aliphatic carbocycles. The van der Waals surface area contributed by atoms with Gasteiger partial charge in [0.25, 0.3) is 0 Å². The van der Waals surface area contributed by atoms with E-state index in [0.29, 0.717) is 11.4 Å². The first-order chi connectivity index (χ1) is 7.33. The third-order valence-electron chi connectivity index (χ3n) is 2.26. The van der Waals surface area contributed by atoms with Gasteiger partial charge in [0.1, 0.15) is 0 Å². The molecular weight excluding hydrogens is 188 g/mol. The Balaban J connectivity index is 2.54. The Morgan fingerprint density at radius 2 is 1.87 bits per heavy atom. The molecule has 0 radical (unpaired) electrons. The molecule has 1 heterocycles. The molecular formula is C12H12N2O. The summed E-state index contributed by atoms with van der Waals surface area (Å²) >= 11 is 0. The quantitative estimate of drug-likeness (QED) is 0.809. The minimum atomic E-state index is 0.608. The number of pyridine rings is 1. The number of hydrogen-bond acceptors (Lipinski definition) is 3. The predicted octanol–water partition coefficient (Wildman–Crippen LogP) is 2.34. The largest absolute Gasteiger partial charge is 0.493 e. The smallest absolute Gasteiger partial charge is 0.160 e. The number of ether oxygens (including phenoxy) is 1. The van der Waals surface area contributed by atoms with Crippen molar-refractivity contribution in [3.8, 4) is 16.9 Å². The second-order valence-corrected chi connectivity index (χ2v) is 3.17. The molecule has 2 aromatic rings. The van der Waals surface area contributed by atoms with Gasteiger partial charge in [0.15, 0.2) is 5.75 Å². The van der Waals surface area contributed by atoms with Crippen LogP contribution in [0, 0.1) is 0 Å². The summed E-state index contributed by atoms with van der Waals surface area (Å²) in [5.41, 5.74) is 8.53. The highest BCUT2D eigenvalue weighted by Crippen LogP contribution is 2.31. The minimum absolute atomic E-state index is 0.608. The lowest BCUT2D eigenvalue weighted by Crippen LogP contribution is -1.96. The van der Waals surface area contributed by atoms with Crippen molar-refractivity contribution in [3.05, 3.63) is 42.7 Å². The Kier molecular flexibility index (Phi) is 2.54. The van der Waals surface area contributed by atoms with E-state index in [0.717, 1.165) is 11.1 Å². The van der Waals surface area contributed by atoms with Crippen LogP contribution in [0.4, 0.5) is 5.69 Å². The number of anilines is 1. The van der Waals surface area contributed by atoms with Crippen LogP contribution >= 0.6 is 0 Å². The first-order valence-corrected chi connectivity index (χ1v) is 4.66. The minimum Gasteiger partial charge on any atom is -0.493 e. The van der Waals surface area contributed by atoms with Crippen molar-refractivity contribution in [3.63, 3.8) is 0 Å². The highest BCUT2D eigenvalue weighted by molar-refractivity contribution is 5.79. The van der Waals surface area contributed by atoms with Crippen LogP contribution in [0.2, 0.25) is 0 Å². The molecule has 0 saturated carbocycles. The first kappa shape index (κ1) is 9.52. The third-order valence-corrected chi connectivity index (χ3v) is 2.26. The van der Waals surface area contributed by atoms with E-state index in [2.05, 4.69) is 4.98 Å². The average Bonchev–Trinajstić information content (AvgIpc) is 2.30. The highest BCUT2D eigenvalue weighted by atomic mass is 16.5. The fourth-order valence-electron chi connectivity index (χ4n) is 1.46. The molecule has 3 heteroatoms. The van der Waals surface area contributed by atoms with Gasteiger partial charge in [0, 0.05) is 11.8 Å². The zero-order chi connectivity index (χ0) is 10.7. The lowest BCUT2D eigenvalue weighted by atomic mass is 10.1. The lowest BCUT2D eigenvalue weighted by molar-refractivity contribution is 0.415. The second-order valence-electron chi connectivity index (χ2n) is 3.17. The third kappa shape index (κ3) is 1.76. The van der Waals surface area contributed by atoms with Crippen molar-refractivity contribution in [2.24, 2.45) is 0 Å². The second kappa shape index (κ2) is 4.00. The van der Waals surface area contributed by atoms with Gasteiger partial charge in [-0.25, -0.2) is 0 Å². The number of rotatable bonds is 2. The summed E-state index contributed by atoms with van der Waals surface area (Å²) in [5, 5.41) is 0. The van der Waals surface area contributed by atoms with Crippen molar-refractivity contribution in [2.75, 3.05) is 12.8 Å². The van der Waals surface area contributed by atoms with Crippen LogP contribution in [0.3, 0.4) is 0 Å². The maximum absolute atomic E-state index is 5.96. The predicted molar refractivity (Wildman–Crippen MR) is 60.6 cm³/mol. The molecule has 15 heavy (non-hydrogen) atoms. The van der Waals surface area contributed by atoms with E-state index in [4.69, 9.17) is 10.5 Å². The molecule has 1 aromatic carbocycles. The van der Waals surface area contributed by atoms with Crippen molar-refractivity contribution in [2.45, 2.75) is 0 Å². The number of nitrogens with zero attached hydrogens (tertiary/aromatic N) is 1. The van der Waals surface area contributed by atoms with Crippen molar-refractivity contribution in [1.82, 2.24) is 4.98 Å². The topological polar surface area (TPSA) is 48.1 Å². The van der Waals surface area contributed by atoms with Crippen LogP contribution in [0.1, 0.15) is 0 Å². The molecule has 0 aliphatic heterocycles. The molecule has 1 aromatic heterocycles. The molecule has 0 atom stereocenters. The van der Waals surface area contributed by atoms with Gasteiger partial charge in [-0.05, 0) is 5.56 Å². The van der Waals surface area contributed by atoms with Crippen molar-refractivity contribution in [1.29, 1.82) is 0 Å². The summed E-state index contributed by atoms with van der Waals surface area (Å²) < 4.78 is 5.12. The van der Waals surface area contributed by atoms with Gasteiger partial charge in [0.05, 0.1) is 19.0 Å².